The van der Waals surface area contributed by atoms with Crippen molar-refractivity contribution in [2.45, 2.75) is 33.6 Å². The van der Waals surface area contributed by atoms with Crippen molar-refractivity contribution in [3.05, 3.63) is 0 Å². The summed E-state index contributed by atoms with van der Waals surface area (Å²) in [6, 6.07) is 0. The fourth-order valence-corrected chi connectivity index (χ4v) is 1.72. The summed E-state index contributed by atoms with van der Waals surface area (Å²) in [6.07, 6.45) is 3.02. The fraction of sp³-hybridized carbons (Fsp3) is 0.818. The van der Waals surface area contributed by atoms with Gasteiger partial charge >= 0.3 is 5.97 Å². The number of carbonyl (C=O) groups is 2. The summed E-state index contributed by atoms with van der Waals surface area (Å²) in [7, 11) is 0. The molecule has 0 saturated carbocycles. The van der Waals surface area contributed by atoms with E-state index in [2.05, 4.69) is 0 Å². The van der Waals surface area contributed by atoms with Crippen molar-refractivity contribution in [3.8, 4) is 0 Å². The average Bonchev–Trinajstić information content (AvgIpc) is 2.17. The third-order valence-electron chi connectivity index (χ3n) is 2.78. The van der Waals surface area contributed by atoms with Gasteiger partial charge in [-0.15, -0.1) is 0 Å². The molecule has 0 aromatic rings. The molecule has 0 amide bonds. The molecule has 0 spiro atoms. The van der Waals surface area contributed by atoms with E-state index < -0.39 is 17.3 Å². The molecule has 0 bridgehead atoms. The molecule has 0 aromatic carbocycles. The standard InChI is InChI=1S/C11H20O3S/c1-5-11(2,3)9(12)8(10(13)14)6-7-15-4/h8H,5-7H2,1-4H3,(H,13,14). The zero-order chi connectivity index (χ0) is 12.1. The molecule has 3 nitrogen and oxygen atoms in total. The van der Waals surface area contributed by atoms with Crippen LogP contribution in [0.25, 0.3) is 0 Å². The third kappa shape index (κ3) is 4.24. The number of carbonyl (C=O) groups excluding carboxylic acids is 1. The van der Waals surface area contributed by atoms with Crippen LogP contribution >= 0.6 is 11.8 Å². The van der Waals surface area contributed by atoms with Crippen LogP contribution in [0.5, 0.6) is 0 Å². The smallest absolute Gasteiger partial charge is 0.314 e. The minimum atomic E-state index is -0.990. The number of Topliss-reactive ketones (excluding diaryl/α,β-unsaturated/α-hetero) is 1. The Balaban J connectivity index is 4.63. The maximum atomic E-state index is 12.0. The highest BCUT2D eigenvalue weighted by Crippen LogP contribution is 2.27. The number of carboxylic acids is 1. The molecule has 15 heavy (non-hydrogen) atoms. The second-order valence-electron chi connectivity index (χ2n) is 4.27. The average molecular weight is 232 g/mol. The van der Waals surface area contributed by atoms with Crippen LogP contribution in [-0.2, 0) is 9.59 Å². The highest BCUT2D eigenvalue weighted by molar-refractivity contribution is 7.98. The van der Waals surface area contributed by atoms with E-state index in [0.29, 0.717) is 18.6 Å². The molecular weight excluding hydrogens is 212 g/mol. The van der Waals surface area contributed by atoms with Gasteiger partial charge in [-0.2, -0.15) is 11.8 Å². The van der Waals surface area contributed by atoms with Crippen molar-refractivity contribution in [3.63, 3.8) is 0 Å². The Morgan fingerprint density at radius 2 is 1.93 bits per heavy atom. The van der Waals surface area contributed by atoms with Crippen LogP contribution in [0.3, 0.4) is 0 Å². The Hall–Kier alpha value is -0.510. The highest BCUT2D eigenvalue weighted by atomic mass is 32.2. The first-order valence-electron chi connectivity index (χ1n) is 5.13. The van der Waals surface area contributed by atoms with Gasteiger partial charge in [0.1, 0.15) is 5.92 Å². The van der Waals surface area contributed by atoms with Gasteiger partial charge in [-0.1, -0.05) is 20.8 Å². The highest BCUT2D eigenvalue weighted by Gasteiger charge is 2.35. The molecule has 88 valence electrons. The summed E-state index contributed by atoms with van der Waals surface area (Å²) < 4.78 is 0. The van der Waals surface area contributed by atoms with Gasteiger partial charge in [0.15, 0.2) is 5.78 Å². The number of ketones is 1. The fourth-order valence-electron chi connectivity index (χ4n) is 1.25. The largest absolute Gasteiger partial charge is 0.481 e. The van der Waals surface area contributed by atoms with Crippen LogP contribution in [0, 0.1) is 11.3 Å². The van der Waals surface area contributed by atoms with E-state index in [-0.39, 0.29) is 5.78 Å². The first-order chi connectivity index (χ1) is 6.86. The number of carboxylic acid groups (broad SMARTS) is 1. The number of thioether (sulfide) groups is 1. The van der Waals surface area contributed by atoms with Gasteiger partial charge in [0, 0.05) is 5.41 Å². The summed E-state index contributed by atoms with van der Waals surface area (Å²) in [5.74, 6) is -1.27. The third-order valence-corrected chi connectivity index (χ3v) is 3.42. The Bertz CT molecular complexity index is 236. The predicted molar refractivity (Wildman–Crippen MR) is 63.2 cm³/mol. The van der Waals surface area contributed by atoms with Crippen LogP contribution in [-0.4, -0.2) is 28.9 Å². The molecule has 0 aliphatic rings. The molecule has 1 N–H and O–H groups in total. The maximum Gasteiger partial charge on any atom is 0.314 e. The SMILES string of the molecule is CCC(C)(C)C(=O)C(CCSC)C(=O)O. The second kappa shape index (κ2) is 6.16. The van der Waals surface area contributed by atoms with E-state index in [0.717, 1.165) is 0 Å². The number of hydrogen-bond acceptors (Lipinski definition) is 3. The van der Waals surface area contributed by atoms with Crippen molar-refractivity contribution < 1.29 is 14.7 Å². The minimum Gasteiger partial charge on any atom is -0.481 e. The monoisotopic (exact) mass is 232 g/mol. The van der Waals surface area contributed by atoms with Gasteiger partial charge in [0.25, 0.3) is 0 Å². The van der Waals surface area contributed by atoms with Crippen molar-refractivity contribution in [2.24, 2.45) is 11.3 Å². The molecule has 0 heterocycles. The Morgan fingerprint density at radius 1 is 1.40 bits per heavy atom. The predicted octanol–water partition coefficient (Wildman–Crippen LogP) is 2.45. The minimum absolute atomic E-state index is 0.147. The Morgan fingerprint density at radius 3 is 2.27 bits per heavy atom. The number of aliphatic carboxylic acids is 1. The molecule has 0 aliphatic carbocycles. The molecule has 0 rings (SSSR count). The molecule has 1 atom stereocenters. The summed E-state index contributed by atoms with van der Waals surface area (Å²) >= 11 is 1.57. The summed E-state index contributed by atoms with van der Waals surface area (Å²) in [6.45, 7) is 5.53. The number of rotatable bonds is 7. The van der Waals surface area contributed by atoms with Gasteiger partial charge in [0.2, 0.25) is 0 Å². The molecule has 0 radical (unpaired) electrons. The van der Waals surface area contributed by atoms with Gasteiger partial charge in [-0.05, 0) is 24.9 Å². The maximum absolute atomic E-state index is 12.0. The molecular formula is C11H20O3S. The molecule has 1 unspecified atom stereocenters. The zero-order valence-corrected chi connectivity index (χ0v) is 10.7. The van der Waals surface area contributed by atoms with E-state index in [1.807, 2.05) is 27.0 Å². The molecule has 0 saturated heterocycles. The van der Waals surface area contributed by atoms with Crippen LogP contribution in [0.15, 0.2) is 0 Å². The Kier molecular flexibility index (Phi) is 5.95. The summed E-state index contributed by atoms with van der Waals surface area (Å²) in [4.78, 5) is 22.9. The molecule has 0 aliphatic heterocycles. The lowest BCUT2D eigenvalue weighted by Gasteiger charge is -2.24. The van der Waals surface area contributed by atoms with Gasteiger partial charge in [-0.25, -0.2) is 0 Å². The lowest BCUT2D eigenvalue weighted by Crippen LogP contribution is -2.35. The van der Waals surface area contributed by atoms with E-state index in [1.54, 1.807) is 11.8 Å². The number of hydrogen-bond donors (Lipinski definition) is 1. The van der Waals surface area contributed by atoms with Crippen molar-refractivity contribution in [1.29, 1.82) is 0 Å². The van der Waals surface area contributed by atoms with Gasteiger partial charge in [0.05, 0.1) is 0 Å². The zero-order valence-electron chi connectivity index (χ0n) is 9.87. The lowest BCUT2D eigenvalue weighted by atomic mass is 9.78. The molecule has 0 fully saturated rings. The summed E-state index contributed by atoms with van der Waals surface area (Å²) in [5, 5.41) is 9.00. The first-order valence-corrected chi connectivity index (χ1v) is 6.52. The molecule has 0 aromatic heterocycles. The quantitative estimate of drug-likeness (QED) is 0.685. The van der Waals surface area contributed by atoms with Crippen molar-refractivity contribution in [2.75, 3.05) is 12.0 Å². The van der Waals surface area contributed by atoms with Crippen LogP contribution < -0.4 is 0 Å². The van der Waals surface area contributed by atoms with E-state index in [1.165, 1.54) is 0 Å². The first kappa shape index (κ1) is 14.5. The van der Waals surface area contributed by atoms with E-state index >= 15 is 0 Å². The van der Waals surface area contributed by atoms with Crippen molar-refractivity contribution >= 4 is 23.5 Å². The topological polar surface area (TPSA) is 54.4 Å². The normalized spacial score (nSPS) is 13.6. The Labute approximate surface area is 95.6 Å². The van der Waals surface area contributed by atoms with Crippen LogP contribution in [0.4, 0.5) is 0 Å². The lowest BCUT2D eigenvalue weighted by molar-refractivity contribution is -0.149. The van der Waals surface area contributed by atoms with E-state index in [4.69, 9.17) is 5.11 Å². The van der Waals surface area contributed by atoms with Crippen molar-refractivity contribution in [1.82, 2.24) is 0 Å². The van der Waals surface area contributed by atoms with Crippen LogP contribution in [0.2, 0.25) is 0 Å². The second-order valence-corrected chi connectivity index (χ2v) is 5.26. The van der Waals surface area contributed by atoms with E-state index in [9.17, 15) is 9.59 Å². The molecule has 4 heteroatoms. The van der Waals surface area contributed by atoms with Crippen LogP contribution in [0.1, 0.15) is 33.6 Å². The van der Waals surface area contributed by atoms with Gasteiger partial charge < -0.3 is 5.11 Å². The van der Waals surface area contributed by atoms with Gasteiger partial charge in [-0.3, -0.25) is 9.59 Å². The summed E-state index contributed by atoms with van der Waals surface area (Å²) in [5.41, 5.74) is -0.526.